The number of benzene rings is 1. The van der Waals surface area contributed by atoms with Crippen molar-refractivity contribution in [2.24, 2.45) is 5.73 Å². The summed E-state index contributed by atoms with van der Waals surface area (Å²) >= 11 is 5.54. The zero-order chi connectivity index (χ0) is 16.1. The Morgan fingerprint density at radius 2 is 1.86 bits per heavy atom. The van der Waals surface area contributed by atoms with Gasteiger partial charge in [0.25, 0.3) is 0 Å². The van der Waals surface area contributed by atoms with Gasteiger partial charge in [-0.15, -0.1) is 0 Å². The molecular weight excluding hydrogens is 312 g/mol. The lowest BCUT2D eigenvalue weighted by Crippen LogP contribution is -2.19. The molecule has 3 rings (SSSR count). The van der Waals surface area contributed by atoms with E-state index >= 15 is 0 Å². The Morgan fingerprint density at radius 3 is 2.32 bits per heavy atom. The molecule has 2 aromatic rings. The van der Waals surface area contributed by atoms with Crippen LogP contribution in [0.2, 0.25) is 5.02 Å². The van der Waals surface area contributed by atoms with Crippen molar-refractivity contribution in [1.29, 1.82) is 0 Å². The Hall–Kier alpha value is -2.21. The summed E-state index contributed by atoms with van der Waals surface area (Å²) in [4.78, 5) is 14.1. The number of hydrogen-bond acceptors (Lipinski definition) is 2. The number of rotatable bonds is 2. The molecular formula is C15H14ClF2N3O. The number of carbonyl (C=O) groups is 1. The normalized spacial score (nSPS) is 13.0. The fraction of sp³-hybridized carbons (Fsp3) is 0.200. The number of aromatic nitrogens is 1. The van der Waals surface area contributed by atoms with Crippen molar-refractivity contribution in [3.8, 4) is 0 Å². The fourth-order valence-corrected chi connectivity index (χ4v) is 1.96. The van der Waals surface area contributed by atoms with Gasteiger partial charge >= 0.3 is 6.03 Å². The summed E-state index contributed by atoms with van der Waals surface area (Å²) in [6, 6.07) is 6.57. The van der Waals surface area contributed by atoms with E-state index in [1.165, 1.54) is 24.4 Å². The summed E-state index contributed by atoms with van der Waals surface area (Å²) in [6.45, 7) is 0. The Morgan fingerprint density at radius 1 is 1.23 bits per heavy atom. The predicted octanol–water partition coefficient (Wildman–Crippen LogP) is 4.07. The molecule has 2 amide bonds. The van der Waals surface area contributed by atoms with E-state index in [0.29, 0.717) is 10.8 Å². The van der Waals surface area contributed by atoms with Crippen molar-refractivity contribution < 1.29 is 13.6 Å². The minimum atomic E-state index is -0.639. The first kappa shape index (κ1) is 16.2. The van der Waals surface area contributed by atoms with Crippen LogP contribution in [0.5, 0.6) is 0 Å². The van der Waals surface area contributed by atoms with Crippen LogP contribution in [0.3, 0.4) is 0 Å². The molecule has 0 atom stereocenters. The van der Waals surface area contributed by atoms with Gasteiger partial charge in [-0.2, -0.15) is 0 Å². The maximum absolute atomic E-state index is 12.9. The van der Waals surface area contributed by atoms with Crippen LogP contribution >= 0.6 is 11.6 Å². The SMILES string of the molecule is Fc1cccc(F)c1C1CC1.NC(=O)Nc1ccc(Cl)cn1. The zero-order valence-electron chi connectivity index (χ0n) is 11.5. The number of halogens is 3. The van der Waals surface area contributed by atoms with Crippen molar-refractivity contribution in [3.05, 3.63) is 58.7 Å². The number of primary amides is 1. The van der Waals surface area contributed by atoms with E-state index in [1.807, 2.05) is 0 Å². The van der Waals surface area contributed by atoms with E-state index < -0.39 is 17.7 Å². The van der Waals surface area contributed by atoms with Crippen LogP contribution in [0.4, 0.5) is 19.4 Å². The van der Waals surface area contributed by atoms with E-state index in [4.69, 9.17) is 17.3 Å². The van der Waals surface area contributed by atoms with Crippen LogP contribution in [0.15, 0.2) is 36.5 Å². The molecule has 0 saturated heterocycles. The molecule has 1 aromatic heterocycles. The number of urea groups is 1. The van der Waals surface area contributed by atoms with Crippen LogP contribution in [-0.2, 0) is 0 Å². The molecule has 116 valence electrons. The van der Waals surface area contributed by atoms with Gasteiger partial charge in [0.2, 0.25) is 0 Å². The number of amides is 2. The monoisotopic (exact) mass is 325 g/mol. The smallest absolute Gasteiger partial charge is 0.317 e. The highest BCUT2D eigenvalue weighted by molar-refractivity contribution is 6.30. The summed E-state index contributed by atoms with van der Waals surface area (Å²) in [5, 5.41) is 2.81. The van der Waals surface area contributed by atoms with Crippen LogP contribution < -0.4 is 11.1 Å². The van der Waals surface area contributed by atoms with Gasteiger partial charge in [0.15, 0.2) is 0 Å². The van der Waals surface area contributed by atoms with Crippen LogP contribution in [0.25, 0.3) is 0 Å². The first-order chi connectivity index (χ1) is 10.5. The van der Waals surface area contributed by atoms with Crippen LogP contribution in [0.1, 0.15) is 24.3 Å². The molecule has 3 N–H and O–H groups in total. The molecule has 1 fully saturated rings. The second kappa shape index (κ2) is 7.17. The molecule has 1 aliphatic carbocycles. The predicted molar refractivity (Wildman–Crippen MR) is 80.8 cm³/mol. The number of pyridine rings is 1. The standard InChI is InChI=1S/C9H8F2.C6H6ClN3O/c10-7-2-1-3-8(11)9(7)6-4-5-6;7-4-1-2-5(9-3-4)10-6(8)11/h1-3,6H,4-5H2;1-3H,(H3,8,9,10,11). The molecule has 1 saturated carbocycles. The van der Waals surface area contributed by atoms with E-state index in [2.05, 4.69) is 10.3 Å². The minimum absolute atomic E-state index is 0.149. The highest BCUT2D eigenvalue weighted by Gasteiger charge is 2.29. The summed E-state index contributed by atoms with van der Waals surface area (Å²) in [6.07, 6.45) is 3.28. The van der Waals surface area contributed by atoms with Gasteiger partial charge in [-0.25, -0.2) is 18.6 Å². The van der Waals surface area contributed by atoms with Gasteiger partial charge in [0.1, 0.15) is 17.5 Å². The topological polar surface area (TPSA) is 68.0 Å². The highest BCUT2D eigenvalue weighted by atomic mass is 35.5. The van der Waals surface area contributed by atoms with E-state index in [-0.39, 0.29) is 11.5 Å². The highest BCUT2D eigenvalue weighted by Crippen LogP contribution is 2.42. The van der Waals surface area contributed by atoms with Crippen molar-refractivity contribution in [2.45, 2.75) is 18.8 Å². The lowest BCUT2D eigenvalue weighted by Gasteiger charge is -2.00. The summed E-state index contributed by atoms with van der Waals surface area (Å²) < 4.78 is 25.8. The first-order valence-corrected chi connectivity index (χ1v) is 6.97. The average molecular weight is 326 g/mol. The number of anilines is 1. The summed E-state index contributed by atoms with van der Waals surface area (Å²) in [5.74, 6) is -0.252. The summed E-state index contributed by atoms with van der Waals surface area (Å²) in [7, 11) is 0. The molecule has 0 unspecified atom stereocenters. The molecule has 22 heavy (non-hydrogen) atoms. The molecule has 1 aromatic carbocycles. The minimum Gasteiger partial charge on any atom is -0.351 e. The Bertz CT molecular complexity index is 640. The molecule has 1 aliphatic rings. The van der Waals surface area contributed by atoms with E-state index in [1.54, 1.807) is 12.1 Å². The largest absolute Gasteiger partial charge is 0.351 e. The maximum Gasteiger partial charge on any atom is 0.317 e. The molecule has 0 aliphatic heterocycles. The molecule has 1 heterocycles. The first-order valence-electron chi connectivity index (χ1n) is 6.59. The third kappa shape index (κ3) is 4.66. The molecule has 0 spiro atoms. The molecule has 0 radical (unpaired) electrons. The van der Waals surface area contributed by atoms with E-state index in [0.717, 1.165) is 12.8 Å². The van der Waals surface area contributed by atoms with Gasteiger partial charge in [-0.1, -0.05) is 17.7 Å². The van der Waals surface area contributed by atoms with E-state index in [9.17, 15) is 13.6 Å². The second-order valence-electron chi connectivity index (χ2n) is 4.76. The van der Waals surface area contributed by atoms with Gasteiger partial charge in [-0.3, -0.25) is 5.32 Å². The number of nitrogens with one attached hydrogen (secondary N) is 1. The van der Waals surface area contributed by atoms with Gasteiger partial charge in [-0.05, 0) is 43.0 Å². The zero-order valence-corrected chi connectivity index (χ0v) is 12.3. The van der Waals surface area contributed by atoms with Gasteiger partial charge in [0, 0.05) is 11.8 Å². The third-order valence-electron chi connectivity index (χ3n) is 2.96. The lowest BCUT2D eigenvalue weighted by molar-refractivity contribution is 0.259. The lowest BCUT2D eigenvalue weighted by atomic mass is 10.1. The fourth-order valence-electron chi connectivity index (χ4n) is 1.85. The quantitative estimate of drug-likeness (QED) is 0.874. The van der Waals surface area contributed by atoms with Crippen molar-refractivity contribution in [1.82, 2.24) is 4.98 Å². The van der Waals surface area contributed by atoms with Crippen molar-refractivity contribution in [2.75, 3.05) is 5.32 Å². The molecule has 4 nitrogen and oxygen atoms in total. The number of hydrogen-bond donors (Lipinski definition) is 2. The molecule has 7 heteroatoms. The Labute approximate surface area is 131 Å². The maximum atomic E-state index is 12.9. The Balaban J connectivity index is 0.000000160. The number of carbonyl (C=O) groups excluding carboxylic acids is 1. The van der Waals surface area contributed by atoms with Crippen LogP contribution in [0, 0.1) is 11.6 Å². The number of nitrogens with zero attached hydrogens (tertiary/aromatic N) is 1. The third-order valence-corrected chi connectivity index (χ3v) is 3.19. The van der Waals surface area contributed by atoms with Gasteiger partial charge < -0.3 is 5.73 Å². The van der Waals surface area contributed by atoms with Crippen molar-refractivity contribution in [3.63, 3.8) is 0 Å². The average Bonchev–Trinajstić information content (AvgIpc) is 3.26. The Kier molecular flexibility index (Phi) is 5.27. The van der Waals surface area contributed by atoms with Crippen molar-refractivity contribution >= 4 is 23.4 Å². The van der Waals surface area contributed by atoms with Crippen LogP contribution in [-0.4, -0.2) is 11.0 Å². The molecule has 0 bridgehead atoms. The van der Waals surface area contributed by atoms with Gasteiger partial charge in [0.05, 0.1) is 5.02 Å². The summed E-state index contributed by atoms with van der Waals surface area (Å²) in [5.41, 5.74) is 5.12. The number of nitrogens with two attached hydrogens (primary N) is 1. The second-order valence-corrected chi connectivity index (χ2v) is 5.20.